The van der Waals surface area contributed by atoms with E-state index in [-0.39, 0.29) is 36.8 Å². The highest BCUT2D eigenvalue weighted by molar-refractivity contribution is 6.12. The highest BCUT2D eigenvalue weighted by atomic mass is 35.5. The minimum Gasteiger partial charge on any atom is -0.335 e. The number of benzene rings is 2. The molecule has 2 aliphatic heterocycles. The summed E-state index contributed by atoms with van der Waals surface area (Å²) in [6.07, 6.45) is 0. The zero-order valence-corrected chi connectivity index (χ0v) is 15.9. The first-order valence-electron chi connectivity index (χ1n) is 8.91. The largest absolute Gasteiger partial charge is 0.335 e. The van der Waals surface area contributed by atoms with E-state index in [1.165, 1.54) is 4.90 Å². The van der Waals surface area contributed by atoms with Gasteiger partial charge in [0.1, 0.15) is 6.54 Å². The van der Waals surface area contributed by atoms with Crippen LogP contribution in [0.25, 0.3) is 0 Å². The fourth-order valence-corrected chi connectivity index (χ4v) is 3.46. The minimum absolute atomic E-state index is 0. The SMILES string of the molecule is Cl.O=C1CN(c2ccc(C(=O)N3CCNC(c4ccccc4)C3)cc2)C(=O)N1. The summed E-state index contributed by atoms with van der Waals surface area (Å²) in [5.74, 6) is -0.362. The Kier molecular flexibility index (Phi) is 5.96. The van der Waals surface area contributed by atoms with Gasteiger partial charge in [0.15, 0.2) is 0 Å². The second kappa shape index (κ2) is 8.41. The lowest BCUT2D eigenvalue weighted by atomic mass is 10.0. The molecule has 8 heteroatoms. The minimum atomic E-state index is -0.438. The van der Waals surface area contributed by atoms with Crippen LogP contribution in [0.15, 0.2) is 54.6 Å². The van der Waals surface area contributed by atoms with Gasteiger partial charge in [-0.05, 0) is 29.8 Å². The number of carbonyl (C=O) groups is 3. The first-order chi connectivity index (χ1) is 13.1. The number of nitrogens with zero attached hydrogens (tertiary/aromatic N) is 2. The molecular weight excluding hydrogens is 380 g/mol. The van der Waals surface area contributed by atoms with Crippen molar-refractivity contribution in [3.63, 3.8) is 0 Å². The molecule has 0 saturated carbocycles. The maximum atomic E-state index is 12.9. The second-order valence-corrected chi connectivity index (χ2v) is 6.65. The smallest absolute Gasteiger partial charge is 0.329 e. The lowest BCUT2D eigenvalue weighted by Gasteiger charge is -2.34. The Bertz CT molecular complexity index is 873. The average Bonchev–Trinajstić information content (AvgIpc) is 3.06. The zero-order chi connectivity index (χ0) is 18.8. The summed E-state index contributed by atoms with van der Waals surface area (Å²) in [4.78, 5) is 39.1. The normalized spacial score (nSPS) is 19.2. The van der Waals surface area contributed by atoms with Gasteiger partial charge in [-0.1, -0.05) is 30.3 Å². The van der Waals surface area contributed by atoms with Crippen molar-refractivity contribution in [3.05, 3.63) is 65.7 Å². The maximum Gasteiger partial charge on any atom is 0.329 e. The summed E-state index contributed by atoms with van der Waals surface area (Å²) in [5, 5.41) is 5.69. The van der Waals surface area contributed by atoms with Crippen LogP contribution in [0.1, 0.15) is 22.0 Å². The van der Waals surface area contributed by atoms with Crippen LogP contribution < -0.4 is 15.5 Å². The van der Waals surface area contributed by atoms with Gasteiger partial charge in [0.2, 0.25) is 5.91 Å². The summed E-state index contributed by atoms with van der Waals surface area (Å²) in [5.41, 5.74) is 2.32. The molecule has 146 valence electrons. The van der Waals surface area contributed by atoms with Crippen molar-refractivity contribution in [2.24, 2.45) is 0 Å². The van der Waals surface area contributed by atoms with Crippen molar-refractivity contribution in [1.29, 1.82) is 0 Å². The molecule has 0 spiro atoms. The van der Waals surface area contributed by atoms with E-state index in [1.54, 1.807) is 24.3 Å². The molecule has 2 heterocycles. The van der Waals surface area contributed by atoms with E-state index in [4.69, 9.17) is 0 Å². The summed E-state index contributed by atoms with van der Waals surface area (Å²) < 4.78 is 0. The van der Waals surface area contributed by atoms with Crippen LogP contribution in [0.4, 0.5) is 10.5 Å². The van der Waals surface area contributed by atoms with Crippen LogP contribution in [0, 0.1) is 0 Å². The molecule has 0 radical (unpaired) electrons. The standard InChI is InChI=1S/C20H20N4O3.ClH/c25-18-13-24(20(27)22-18)16-8-6-15(7-9-16)19(26)23-11-10-21-17(12-23)14-4-2-1-3-5-14;/h1-9,17,21H,10-13H2,(H,22,25,27);1H. The van der Waals surface area contributed by atoms with Gasteiger partial charge in [0, 0.05) is 36.9 Å². The van der Waals surface area contributed by atoms with Gasteiger partial charge in [-0.3, -0.25) is 19.8 Å². The van der Waals surface area contributed by atoms with Crippen LogP contribution in [0.3, 0.4) is 0 Å². The van der Waals surface area contributed by atoms with E-state index >= 15 is 0 Å². The fraction of sp³-hybridized carbons (Fsp3) is 0.250. The third-order valence-electron chi connectivity index (χ3n) is 4.88. The van der Waals surface area contributed by atoms with Crippen LogP contribution in [-0.4, -0.2) is 48.9 Å². The molecule has 7 nitrogen and oxygen atoms in total. The molecule has 2 aromatic rings. The number of piperazine rings is 1. The van der Waals surface area contributed by atoms with Crippen molar-refractivity contribution >= 4 is 35.9 Å². The molecule has 4 rings (SSSR count). The summed E-state index contributed by atoms with van der Waals surface area (Å²) in [6.45, 7) is 1.99. The van der Waals surface area contributed by atoms with Gasteiger partial charge in [-0.15, -0.1) is 12.4 Å². The monoisotopic (exact) mass is 400 g/mol. The first-order valence-corrected chi connectivity index (χ1v) is 8.91. The molecule has 1 unspecified atom stereocenters. The topological polar surface area (TPSA) is 81.8 Å². The van der Waals surface area contributed by atoms with Crippen LogP contribution in [0.2, 0.25) is 0 Å². The quantitative estimate of drug-likeness (QED) is 0.771. The van der Waals surface area contributed by atoms with Crippen LogP contribution in [-0.2, 0) is 4.79 Å². The first kappa shape index (κ1) is 19.9. The van der Waals surface area contributed by atoms with E-state index in [2.05, 4.69) is 22.8 Å². The third-order valence-corrected chi connectivity index (χ3v) is 4.88. The lowest BCUT2D eigenvalue weighted by molar-refractivity contribution is -0.117. The van der Waals surface area contributed by atoms with Crippen LogP contribution >= 0.6 is 12.4 Å². The number of rotatable bonds is 3. The van der Waals surface area contributed by atoms with Crippen molar-refractivity contribution in [1.82, 2.24) is 15.5 Å². The number of hydrogen-bond acceptors (Lipinski definition) is 4. The highest BCUT2D eigenvalue weighted by Crippen LogP contribution is 2.21. The van der Waals surface area contributed by atoms with E-state index in [0.29, 0.717) is 24.3 Å². The van der Waals surface area contributed by atoms with Gasteiger partial charge in [-0.2, -0.15) is 0 Å². The van der Waals surface area contributed by atoms with E-state index in [9.17, 15) is 14.4 Å². The van der Waals surface area contributed by atoms with Crippen molar-refractivity contribution < 1.29 is 14.4 Å². The maximum absolute atomic E-state index is 12.9. The molecule has 0 bridgehead atoms. The Morgan fingerprint density at radius 2 is 1.71 bits per heavy atom. The van der Waals surface area contributed by atoms with E-state index in [1.807, 2.05) is 23.1 Å². The molecule has 2 N–H and O–H groups in total. The Morgan fingerprint density at radius 1 is 1.00 bits per heavy atom. The number of hydrogen-bond donors (Lipinski definition) is 2. The Balaban J connectivity index is 0.00000225. The molecule has 28 heavy (non-hydrogen) atoms. The highest BCUT2D eigenvalue weighted by Gasteiger charge is 2.29. The Labute approximate surface area is 169 Å². The number of halogens is 1. The fourth-order valence-electron chi connectivity index (χ4n) is 3.46. The molecule has 2 fully saturated rings. The zero-order valence-electron chi connectivity index (χ0n) is 15.1. The van der Waals surface area contributed by atoms with Crippen molar-refractivity contribution in [2.45, 2.75) is 6.04 Å². The molecule has 1 atom stereocenters. The van der Waals surface area contributed by atoms with Gasteiger partial charge >= 0.3 is 6.03 Å². The Morgan fingerprint density at radius 3 is 2.36 bits per heavy atom. The molecule has 2 saturated heterocycles. The lowest BCUT2D eigenvalue weighted by Crippen LogP contribution is -2.48. The van der Waals surface area contributed by atoms with Gasteiger partial charge < -0.3 is 10.2 Å². The van der Waals surface area contributed by atoms with Crippen molar-refractivity contribution in [2.75, 3.05) is 31.1 Å². The number of amides is 4. The van der Waals surface area contributed by atoms with E-state index < -0.39 is 6.03 Å². The molecule has 0 aromatic heterocycles. The molecular formula is C20H21ClN4O3. The van der Waals surface area contributed by atoms with E-state index in [0.717, 1.165) is 12.1 Å². The number of urea groups is 1. The molecule has 4 amide bonds. The summed E-state index contributed by atoms with van der Waals surface area (Å²) in [7, 11) is 0. The second-order valence-electron chi connectivity index (χ2n) is 6.65. The third kappa shape index (κ3) is 4.00. The van der Waals surface area contributed by atoms with Crippen LogP contribution in [0.5, 0.6) is 0 Å². The molecule has 2 aromatic carbocycles. The number of anilines is 1. The predicted molar refractivity (Wildman–Crippen MR) is 108 cm³/mol. The molecule has 2 aliphatic rings. The average molecular weight is 401 g/mol. The van der Waals surface area contributed by atoms with Gasteiger partial charge in [-0.25, -0.2) is 4.79 Å². The predicted octanol–water partition coefficient (Wildman–Crippen LogP) is 1.95. The summed E-state index contributed by atoms with van der Waals surface area (Å²) in [6, 6.07) is 16.6. The molecule has 0 aliphatic carbocycles. The number of imide groups is 1. The van der Waals surface area contributed by atoms with Gasteiger partial charge in [0.25, 0.3) is 5.91 Å². The summed E-state index contributed by atoms with van der Waals surface area (Å²) >= 11 is 0. The van der Waals surface area contributed by atoms with Gasteiger partial charge in [0.05, 0.1) is 0 Å². The van der Waals surface area contributed by atoms with Crippen molar-refractivity contribution in [3.8, 4) is 0 Å². The Hall–Kier alpha value is -2.90. The number of carbonyl (C=O) groups excluding carboxylic acids is 3. The number of nitrogens with one attached hydrogen (secondary N) is 2.